The van der Waals surface area contributed by atoms with E-state index in [9.17, 15) is 9.18 Å². The highest BCUT2D eigenvalue weighted by Crippen LogP contribution is 2.34. The number of hydrogen-bond acceptors (Lipinski definition) is 4. The standard InChI is InChI=1S/C32H39FN2O3/c1-3-37-32(38-4-2)30-22-35(31(36)29-11-7-9-25-8-5-6-10-28(25)29)21-26(30)20-34-18-16-24(17-19-34)23-12-14-27(33)15-13-23/h5-15,24,26,30,32H,3-4,16-22H2,1-2H3/t26-,30?/m1/s1. The number of fused-ring (bicyclic) bond motifs is 1. The molecule has 0 spiro atoms. The topological polar surface area (TPSA) is 42.0 Å². The summed E-state index contributed by atoms with van der Waals surface area (Å²) in [5.41, 5.74) is 1.98. The molecule has 2 heterocycles. The van der Waals surface area contributed by atoms with Crippen LogP contribution in [0.15, 0.2) is 66.7 Å². The third-order valence-electron chi connectivity index (χ3n) is 8.23. The molecule has 6 heteroatoms. The molecule has 2 aliphatic rings. The van der Waals surface area contributed by atoms with Crippen molar-refractivity contribution in [1.82, 2.24) is 9.80 Å². The van der Waals surface area contributed by atoms with E-state index in [1.807, 2.05) is 61.2 Å². The lowest BCUT2D eigenvalue weighted by Crippen LogP contribution is -2.41. The molecule has 0 aromatic heterocycles. The van der Waals surface area contributed by atoms with Crippen molar-refractivity contribution in [2.75, 3.05) is 45.9 Å². The molecule has 0 N–H and O–H groups in total. The van der Waals surface area contributed by atoms with Gasteiger partial charge < -0.3 is 19.3 Å². The molecular formula is C32H39FN2O3. The quantitative estimate of drug-likeness (QED) is 0.329. The van der Waals surface area contributed by atoms with Crippen molar-refractivity contribution >= 4 is 16.7 Å². The molecule has 0 aliphatic carbocycles. The lowest BCUT2D eigenvalue weighted by atomic mass is 9.88. The molecule has 1 unspecified atom stereocenters. The van der Waals surface area contributed by atoms with Gasteiger partial charge in [-0.15, -0.1) is 0 Å². The minimum atomic E-state index is -0.322. The Bertz CT molecular complexity index is 1200. The number of piperidine rings is 1. The molecule has 202 valence electrons. The molecule has 2 fully saturated rings. The molecule has 0 bridgehead atoms. The van der Waals surface area contributed by atoms with Gasteiger partial charge in [0.1, 0.15) is 5.82 Å². The van der Waals surface area contributed by atoms with E-state index in [4.69, 9.17) is 9.47 Å². The van der Waals surface area contributed by atoms with Gasteiger partial charge in [-0.25, -0.2) is 4.39 Å². The number of hydrogen-bond donors (Lipinski definition) is 0. The molecule has 0 radical (unpaired) electrons. The van der Waals surface area contributed by atoms with Gasteiger partial charge in [-0.3, -0.25) is 4.79 Å². The first kappa shape index (κ1) is 26.8. The molecule has 2 aliphatic heterocycles. The van der Waals surface area contributed by atoms with Gasteiger partial charge >= 0.3 is 0 Å². The van der Waals surface area contributed by atoms with Crippen LogP contribution in [0, 0.1) is 17.7 Å². The second kappa shape index (κ2) is 12.4. The first-order valence-corrected chi connectivity index (χ1v) is 14.1. The third-order valence-corrected chi connectivity index (χ3v) is 8.23. The van der Waals surface area contributed by atoms with Crippen molar-refractivity contribution in [1.29, 1.82) is 0 Å². The normalized spacial score (nSPS) is 21.0. The maximum Gasteiger partial charge on any atom is 0.254 e. The predicted octanol–water partition coefficient (Wildman–Crippen LogP) is 5.95. The molecule has 3 aromatic carbocycles. The van der Waals surface area contributed by atoms with Gasteiger partial charge in [0.05, 0.1) is 0 Å². The summed E-state index contributed by atoms with van der Waals surface area (Å²) >= 11 is 0. The van der Waals surface area contributed by atoms with Crippen LogP contribution in [0.1, 0.15) is 48.5 Å². The number of amides is 1. The van der Waals surface area contributed by atoms with E-state index in [-0.39, 0.29) is 29.9 Å². The Morgan fingerprint density at radius 2 is 1.61 bits per heavy atom. The fraction of sp³-hybridized carbons (Fsp3) is 0.469. The van der Waals surface area contributed by atoms with Gasteiger partial charge in [0.2, 0.25) is 0 Å². The predicted molar refractivity (Wildman–Crippen MR) is 149 cm³/mol. The summed E-state index contributed by atoms with van der Waals surface area (Å²) < 4.78 is 25.5. The second-order valence-corrected chi connectivity index (χ2v) is 10.6. The van der Waals surface area contributed by atoms with Crippen molar-refractivity contribution in [3.05, 3.63) is 83.7 Å². The molecule has 38 heavy (non-hydrogen) atoms. The average molecular weight is 519 g/mol. The van der Waals surface area contributed by atoms with Crippen molar-refractivity contribution in [3.63, 3.8) is 0 Å². The molecule has 2 atom stereocenters. The summed E-state index contributed by atoms with van der Waals surface area (Å²) in [5, 5.41) is 2.07. The zero-order chi connectivity index (χ0) is 26.5. The summed E-state index contributed by atoms with van der Waals surface area (Å²) in [7, 11) is 0. The van der Waals surface area contributed by atoms with Crippen LogP contribution in [0.5, 0.6) is 0 Å². The Morgan fingerprint density at radius 3 is 2.32 bits per heavy atom. The molecule has 2 saturated heterocycles. The minimum Gasteiger partial charge on any atom is -0.353 e. The lowest BCUT2D eigenvalue weighted by molar-refractivity contribution is -0.172. The van der Waals surface area contributed by atoms with Gasteiger partial charge in [-0.2, -0.15) is 0 Å². The number of rotatable bonds is 9. The van der Waals surface area contributed by atoms with E-state index in [1.165, 1.54) is 5.56 Å². The van der Waals surface area contributed by atoms with E-state index in [0.29, 0.717) is 32.2 Å². The Hall–Kier alpha value is -2.80. The number of benzene rings is 3. The van der Waals surface area contributed by atoms with Crippen LogP contribution >= 0.6 is 0 Å². The first-order chi connectivity index (χ1) is 18.6. The van der Waals surface area contributed by atoms with Crippen LogP contribution < -0.4 is 0 Å². The molecule has 5 nitrogen and oxygen atoms in total. The summed E-state index contributed by atoms with van der Waals surface area (Å²) in [6.45, 7) is 9.38. The maximum atomic E-state index is 13.8. The van der Waals surface area contributed by atoms with E-state index >= 15 is 0 Å². The molecule has 3 aromatic rings. The highest BCUT2D eigenvalue weighted by Gasteiger charge is 2.42. The number of halogens is 1. The van der Waals surface area contributed by atoms with E-state index in [2.05, 4.69) is 17.0 Å². The Kier molecular flexibility index (Phi) is 8.72. The highest BCUT2D eigenvalue weighted by molar-refractivity contribution is 6.07. The van der Waals surface area contributed by atoms with Crippen LogP contribution in [0.3, 0.4) is 0 Å². The van der Waals surface area contributed by atoms with Crippen LogP contribution in [0.2, 0.25) is 0 Å². The highest BCUT2D eigenvalue weighted by atomic mass is 19.1. The monoisotopic (exact) mass is 518 g/mol. The van der Waals surface area contributed by atoms with Gasteiger partial charge in [0, 0.05) is 44.3 Å². The number of likely N-dealkylation sites (tertiary alicyclic amines) is 2. The Labute approximate surface area is 225 Å². The third kappa shape index (κ3) is 5.93. The van der Waals surface area contributed by atoms with Crippen LogP contribution in [0.25, 0.3) is 10.8 Å². The fourth-order valence-electron chi connectivity index (χ4n) is 6.29. The Balaban J connectivity index is 1.30. The number of nitrogens with zero attached hydrogens (tertiary/aromatic N) is 2. The molecular weight excluding hydrogens is 479 g/mol. The number of ether oxygens (including phenoxy) is 2. The van der Waals surface area contributed by atoms with Crippen molar-refractivity contribution < 1.29 is 18.7 Å². The summed E-state index contributed by atoms with van der Waals surface area (Å²) in [4.78, 5) is 18.3. The lowest BCUT2D eigenvalue weighted by Gasteiger charge is -2.36. The maximum absolute atomic E-state index is 13.8. The average Bonchev–Trinajstić information content (AvgIpc) is 3.36. The van der Waals surface area contributed by atoms with E-state index < -0.39 is 0 Å². The summed E-state index contributed by atoms with van der Waals surface area (Å²) in [6, 6.07) is 21.0. The number of carbonyl (C=O) groups excluding carboxylic acids is 1. The first-order valence-electron chi connectivity index (χ1n) is 14.1. The van der Waals surface area contributed by atoms with Crippen molar-refractivity contribution in [3.8, 4) is 0 Å². The van der Waals surface area contributed by atoms with Crippen molar-refractivity contribution in [2.24, 2.45) is 11.8 Å². The summed E-state index contributed by atoms with van der Waals surface area (Å²) in [6.07, 6.45) is 1.79. The van der Waals surface area contributed by atoms with Gasteiger partial charge in [0.25, 0.3) is 5.91 Å². The van der Waals surface area contributed by atoms with Gasteiger partial charge in [0.15, 0.2) is 6.29 Å². The van der Waals surface area contributed by atoms with Crippen LogP contribution in [0.4, 0.5) is 4.39 Å². The zero-order valence-electron chi connectivity index (χ0n) is 22.5. The van der Waals surface area contributed by atoms with E-state index in [1.54, 1.807) is 12.1 Å². The van der Waals surface area contributed by atoms with E-state index in [0.717, 1.165) is 48.8 Å². The largest absolute Gasteiger partial charge is 0.353 e. The SMILES string of the molecule is CCOC(OCC)C1CN(C(=O)c2cccc3ccccc23)C[C@H]1CN1CCC(c2ccc(F)cc2)CC1. The molecule has 1 amide bonds. The summed E-state index contributed by atoms with van der Waals surface area (Å²) in [5.74, 6) is 0.744. The van der Waals surface area contributed by atoms with Crippen LogP contribution in [-0.2, 0) is 9.47 Å². The van der Waals surface area contributed by atoms with Gasteiger partial charge in [-0.05, 0) is 86.1 Å². The van der Waals surface area contributed by atoms with Gasteiger partial charge in [-0.1, -0.05) is 48.5 Å². The second-order valence-electron chi connectivity index (χ2n) is 10.6. The number of carbonyl (C=O) groups is 1. The molecule has 5 rings (SSSR count). The Morgan fingerprint density at radius 1 is 0.921 bits per heavy atom. The molecule has 0 saturated carbocycles. The fourth-order valence-corrected chi connectivity index (χ4v) is 6.29. The zero-order valence-corrected chi connectivity index (χ0v) is 22.5. The van der Waals surface area contributed by atoms with Crippen LogP contribution in [-0.4, -0.2) is 67.9 Å². The van der Waals surface area contributed by atoms with Crippen molar-refractivity contribution in [2.45, 2.75) is 38.9 Å². The minimum absolute atomic E-state index is 0.0797. The smallest absolute Gasteiger partial charge is 0.254 e.